The summed E-state index contributed by atoms with van der Waals surface area (Å²) >= 11 is 3.37. The van der Waals surface area contributed by atoms with Crippen molar-refractivity contribution < 1.29 is 27.4 Å². The summed E-state index contributed by atoms with van der Waals surface area (Å²) in [4.78, 5) is 12.7. The van der Waals surface area contributed by atoms with Gasteiger partial charge in [-0.1, -0.05) is 0 Å². The number of methoxy groups -OCH3 is 2. The molecule has 2 aromatic rings. The highest BCUT2D eigenvalue weighted by Gasteiger charge is 2.23. The molecule has 2 aromatic carbocycles. The predicted octanol–water partition coefficient (Wildman–Crippen LogP) is 3.37. The highest BCUT2D eigenvalue weighted by molar-refractivity contribution is 9.10. The fourth-order valence-electron chi connectivity index (χ4n) is 2.52. The fourth-order valence-corrected chi connectivity index (χ4v) is 4.19. The first-order valence-electron chi connectivity index (χ1n) is 8.57. The molecule has 0 radical (unpaired) electrons. The van der Waals surface area contributed by atoms with Gasteiger partial charge in [-0.2, -0.15) is 0 Å². The largest absolute Gasteiger partial charge is 0.495 e. The molecule has 0 unspecified atom stereocenters. The Bertz CT molecular complexity index is 1010. The standard InChI is InChI=1S/C19H23BrN2O6S/c1-6-28-16-10-12(9-14(20)18(16)27-5)19(23)21-13-7-8-15(26-4)17(11-13)29(24,25)22(2)3/h7-11H,6H2,1-5H3,(H,21,23). The summed E-state index contributed by atoms with van der Waals surface area (Å²) in [5.41, 5.74) is 0.620. The van der Waals surface area contributed by atoms with Crippen molar-refractivity contribution in [3.63, 3.8) is 0 Å². The number of anilines is 1. The maximum absolute atomic E-state index is 12.8. The molecule has 29 heavy (non-hydrogen) atoms. The molecule has 158 valence electrons. The van der Waals surface area contributed by atoms with E-state index in [1.54, 1.807) is 18.2 Å². The molecule has 0 aliphatic rings. The van der Waals surface area contributed by atoms with E-state index in [2.05, 4.69) is 21.2 Å². The number of nitrogens with zero attached hydrogens (tertiary/aromatic N) is 1. The van der Waals surface area contributed by atoms with E-state index in [1.165, 1.54) is 40.4 Å². The van der Waals surface area contributed by atoms with Gasteiger partial charge >= 0.3 is 0 Å². The smallest absolute Gasteiger partial charge is 0.255 e. The molecule has 0 saturated heterocycles. The van der Waals surface area contributed by atoms with Crippen molar-refractivity contribution in [3.8, 4) is 17.2 Å². The van der Waals surface area contributed by atoms with Gasteiger partial charge in [0.15, 0.2) is 11.5 Å². The molecule has 0 aliphatic heterocycles. The van der Waals surface area contributed by atoms with Crippen LogP contribution in [-0.4, -0.2) is 53.6 Å². The lowest BCUT2D eigenvalue weighted by molar-refractivity contribution is 0.102. The molecule has 0 spiro atoms. The van der Waals surface area contributed by atoms with E-state index >= 15 is 0 Å². The van der Waals surface area contributed by atoms with E-state index in [-0.39, 0.29) is 10.6 Å². The quantitative estimate of drug-likeness (QED) is 0.614. The monoisotopic (exact) mass is 486 g/mol. The topological polar surface area (TPSA) is 94.2 Å². The molecule has 0 bridgehead atoms. The summed E-state index contributed by atoms with van der Waals surface area (Å²) in [7, 11) is 1.97. The van der Waals surface area contributed by atoms with Gasteiger partial charge in [0.2, 0.25) is 10.0 Å². The lowest BCUT2D eigenvalue weighted by atomic mass is 10.1. The number of hydrogen-bond donors (Lipinski definition) is 1. The Morgan fingerprint density at radius 2 is 1.79 bits per heavy atom. The van der Waals surface area contributed by atoms with Crippen LogP contribution in [0.3, 0.4) is 0 Å². The lowest BCUT2D eigenvalue weighted by Gasteiger charge is -2.16. The average molecular weight is 487 g/mol. The zero-order valence-corrected chi connectivity index (χ0v) is 19.2. The van der Waals surface area contributed by atoms with Crippen LogP contribution in [0.1, 0.15) is 17.3 Å². The molecule has 0 atom stereocenters. The molecule has 0 aliphatic carbocycles. The summed E-state index contributed by atoms with van der Waals surface area (Å²) in [6, 6.07) is 7.56. The molecule has 2 rings (SSSR count). The number of nitrogens with one attached hydrogen (secondary N) is 1. The first-order valence-corrected chi connectivity index (χ1v) is 10.8. The Balaban J connectivity index is 2.41. The van der Waals surface area contributed by atoms with Crippen LogP contribution in [0.4, 0.5) is 5.69 Å². The van der Waals surface area contributed by atoms with E-state index in [9.17, 15) is 13.2 Å². The van der Waals surface area contributed by atoms with Crippen molar-refractivity contribution >= 4 is 37.5 Å². The maximum atomic E-state index is 12.8. The second kappa shape index (κ2) is 9.47. The molecular formula is C19H23BrN2O6S. The summed E-state index contributed by atoms with van der Waals surface area (Å²) in [6.07, 6.45) is 0. The fraction of sp³-hybridized carbons (Fsp3) is 0.316. The number of carbonyl (C=O) groups excluding carboxylic acids is 1. The number of amides is 1. The zero-order chi connectivity index (χ0) is 21.8. The Hall–Kier alpha value is -2.30. The molecule has 10 heteroatoms. The Morgan fingerprint density at radius 3 is 2.34 bits per heavy atom. The van der Waals surface area contributed by atoms with Crippen molar-refractivity contribution in [1.29, 1.82) is 0 Å². The van der Waals surface area contributed by atoms with Gasteiger partial charge in [0.25, 0.3) is 5.91 Å². The van der Waals surface area contributed by atoms with Crippen LogP contribution in [0.5, 0.6) is 17.2 Å². The van der Waals surface area contributed by atoms with Crippen molar-refractivity contribution in [2.24, 2.45) is 0 Å². The normalized spacial score (nSPS) is 11.3. The van der Waals surface area contributed by atoms with Crippen LogP contribution in [-0.2, 0) is 10.0 Å². The summed E-state index contributed by atoms with van der Waals surface area (Å²) in [5, 5.41) is 2.70. The first-order chi connectivity index (χ1) is 13.6. The van der Waals surface area contributed by atoms with Crippen LogP contribution in [0, 0.1) is 0 Å². The minimum atomic E-state index is -3.76. The van der Waals surface area contributed by atoms with Gasteiger partial charge in [0.05, 0.1) is 25.3 Å². The third-order valence-electron chi connectivity index (χ3n) is 3.96. The molecule has 0 heterocycles. The minimum Gasteiger partial charge on any atom is -0.495 e. The van der Waals surface area contributed by atoms with Crippen LogP contribution < -0.4 is 19.5 Å². The summed E-state index contributed by atoms with van der Waals surface area (Å²) in [5.74, 6) is 0.641. The van der Waals surface area contributed by atoms with Gasteiger partial charge in [-0.3, -0.25) is 4.79 Å². The number of carbonyl (C=O) groups is 1. The number of rotatable bonds is 8. The highest BCUT2D eigenvalue weighted by atomic mass is 79.9. The van der Waals surface area contributed by atoms with E-state index in [0.29, 0.717) is 33.8 Å². The van der Waals surface area contributed by atoms with Gasteiger partial charge in [0, 0.05) is 25.3 Å². The first kappa shape index (κ1) is 23.0. The van der Waals surface area contributed by atoms with Gasteiger partial charge in [-0.25, -0.2) is 12.7 Å². The number of sulfonamides is 1. The van der Waals surface area contributed by atoms with Gasteiger partial charge in [-0.05, 0) is 53.2 Å². The zero-order valence-electron chi connectivity index (χ0n) is 16.8. The Kier molecular flexibility index (Phi) is 7.50. The second-order valence-electron chi connectivity index (χ2n) is 6.03. The summed E-state index contributed by atoms with van der Waals surface area (Å²) < 4.78 is 42.7. The molecule has 1 N–H and O–H groups in total. The number of ether oxygens (including phenoxy) is 3. The Labute approximate surface area is 178 Å². The van der Waals surface area contributed by atoms with Crippen LogP contribution >= 0.6 is 15.9 Å². The molecule has 0 fully saturated rings. The number of halogens is 1. The van der Waals surface area contributed by atoms with Crippen LogP contribution in [0.15, 0.2) is 39.7 Å². The predicted molar refractivity (Wildman–Crippen MR) is 114 cm³/mol. The molecule has 0 saturated carbocycles. The van der Waals surface area contributed by atoms with Crippen LogP contribution in [0.2, 0.25) is 0 Å². The molecule has 1 amide bonds. The maximum Gasteiger partial charge on any atom is 0.255 e. The summed E-state index contributed by atoms with van der Waals surface area (Å²) in [6.45, 7) is 2.22. The third-order valence-corrected chi connectivity index (χ3v) is 6.38. The van der Waals surface area contributed by atoms with Crippen molar-refractivity contribution in [1.82, 2.24) is 4.31 Å². The second-order valence-corrected chi connectivity index (χ2v) is 9.00. The number of hydrogen-bond acceptors (Lipinski definition) is 6. The molecule has 8 nitrogen and oxygen atoms in total. The SMILES string of the molecule is CCOc1cc(C(=O)Nc2ccc(OC)c(S(=O)(=O)N(C)C)c2)cc(Br)c1OC. The van der Waals surface area contributed by atoms with Gasteiger partial charge in [0.1, 0.15) is 10.6 Å². The molecular weight excluding hydrogens is 464 g/mol. The minimum absolute atomic E-state index is 0.0475. The van der Waals surface area contributed by atoms with E-state index in [4.69, 9.17) is 14.2 Å². The highest BCUT2D eigenvalue weighted by Crippen LogP contribution is 2.37. The average Bonchev–Trinajstić information content (AvgIpc) is 2.67. The van der Waals surface area contributed by atoms with E-state index in [0.717, 1.165) is 4.31 Å². The van der Waals surface area contributed by atoms with E-state index in [1.807, 2.05) is 6.92 Å². The third kappa shape index (κ3) is 5.01. The van der Waals surface area contributed by atoms with Gasteiger partial charge in [-0.15, -0.1) is 0 Å². The van der Waals surface area contributed by atoms with Crippen molar-refractivity contribution in [2.45, 2.75) is 11.8 Å². The molecule has 0 aromatic heterocycles. The van der Waals surface area contributed by atoms with E-state index < -0.39 is 15.9 Å². The van der Waals surface area contributed by atoms with Gasteiger partial charge < -0.3 is 19.5 Å². The lowest BCUT2D eigenvalue weighted by Crippen LogP contribution is -2.23. The number of benzene rings is 2. The Morgan fingerprint density at radius 1 is 1.10 bits per heavy atom. The van der Waals surface area contributed by atoms with Crippen LogP contribution in [0.25, 0.3) is 0 Å². The van der Waals surface area contributed by atoms with Crippen molar-refractivity contribution in [3.05, 3.63) is 40.4 Å². The van der Waals surface area contributed by atoms with Crippen molar-refractivity contribution in [2.75, 3.05) is 40.2 Å².